The van der Waals surface area contributed by atoms with E-state index >= 15 is 0 Å². The third kappa shape index (κ3) is 4.93. The zero-order valence-corrected chi connectivity index (χ0v) is 13.7. The van der Waals surface area contributed by atoms with Crippen molar-refractivity contribution in [3.8, 4) is 0 Å². The molecule has 21 heavy (non-hydrogen) atoms. The molecule has 2 heterocycles. The van der Waals surface area contributed by atoms with Crippen molar-refractivity contribution in [2.75, 3.05) is 31.5 Å². The van der Waals surface area contributed by atoms with Crippen LogP contribution in [0.1, 0.15) is 49.3 Å². The number of amides is 1. The average Bonchev–Trinajstić information content (AvgIpc) is 2.96. The number of carbonyl (C=O) groups excluding carboxylic acids is 1. The van der Waals surface area contributed by atoms with E-state index in [9.17, 15) is 4.79 Å². The van der Waals surface area contributed by atoms with E-state index in [2.05, 4.69) is 39.6 Å². The summed E-state index contributed by atoms with van der Waals surface area (Å²) in [7, 11) is 0. The van der Waals surface area contributed by atoms with Gasteiger partial charge in [-0.1, -0.05) is 25.2 Å². The molecule has 1 aliphatic rings. The Morgan fingerprint density at radius 2 is 2.05 bits per heavy atom. The Labute approximate surface area is 130 Å². The summed E-state index contributed by atoms with van der Waals surface area (Å²) < 4.78 is 0. The molecule has 6 nitrogen and oxygen atoms in total. The van der Waals surface area contributed by atoms with Crippen molar-refractivity contribution in [3.63, 3.8) is 0 Å². The van der Waals surface area contributed by atoms with Gasteiger partial charge >= 0.3 is 0 Å². The first kappa shape index (κ1) is 16.2. The number of likely N-dealkylation sites (tertiary alicyclic amines) is 1. The molecular weight excluding hydrogens is 286 g/mol. The van der Waals surface area contributed by atoms with Crippen LogP contribution in [-0.4, -0.2) is 53.2 Å². The van der Waals surface area contributed by atoms with E-state index in [0.717, 1.165) is 50.6 Å². The standard InChI is InChI=1S/C14H25N5OS/c1-3-7-15-14-18-17-13(21-14)12(20)16-11-5-9-19(8-4-2)10-6-11/h11H,3-10H2,1-2H3,(H,15,18)(H,16,20). The molecule has 0 spiro atoms. The van der Waals surface area contributed by atoms with E-state index in [1.54, 1.807) is 0 Å². The summed E-state index contributed by atoms with van der Waals surface area (Å²) in [5.74, 6) is -0.0917. The fourth-order valence-corrected chi connectivity index (χ4v) is 3.15. The van der Waals surface area contributed by atoms with E-state index in [1.165, 1.54) is 17.8 Å². The van der Waals surface area contributed by atoms with Crippen molar-refractivity contribution in [1.82, 2.24) is 20.4 Å². The van der Waals surface area contributed by atoms with Crippen molar-refractivity contribution in [3.05, 3.63) is 5.01 Å². The molecule has 0 radical (unpaired) electrons. The quantitative estimate of drug-likeness (QED) is 0.805. The molecule has 1 saturated heterocycles. The highest BCUT2D eigenvalue weighted by Gasteiger charge is 2.22. The highest BCUT2D eigenvalue weighted by Crippen LogP contribution is 2.16. The maximum atomic E-state index is 12.2. The lowest BCUT2D eigenvalue weighted by molar-refractivity contribution is 0.0910. The van der Waals surface area contributed by atoms with Gasteiger partial charge in [0.1, 0.15) is 0 Å². The minimum atomic E-state index is -0.0917. The molecule has 0 unspecified atom stereocenters. The SMILES string of the molecule is CCCNc1nnc(C(=O)NC2CCN(CCC)CC2)s1. The topological polar surface area (TPSA) is 70.1 Å². The number of carbonyl (C=O) groups is 1. The smallest absolute Gasteiger partial charge is 0.282 e. The third-order valence-corrected chi connectivity index (χ3v) is 4.49. The molecule has 0 bridgehead atoms. The van der Waals surface area contributed by atoms with Gasteiger partial charge in [0.05, 0.1) is 0 Å². The average molecular weight is 311 g/mol. The number of anilines is 1. The zero-order valence-electron chi connectivity index (χ0n) is 12.9. The second-order valence-electron chi connectivity index (χ2n) is 5.43. The lowest BCUT2D eigenvalue weighted by Crippen LogP contribution is -2.44. The van der Waals surface area contributed by atoms with Crippen molar-refractivity contribution in [1.29, 1.82) is 0 Å². The highest BCUT2D eigenvalue weighted by molar-refractivity contribution is 7.17. The van der Waals surface area contributed by atoms with Gasteiger partial charge in [-0.05, 0) is 32.2 Å². The molecule has 1 aromatic rings. The lowest BCUT2D eigenvalue weighted by atomic mass is 10.0. The van der Waals surface area contributed by atoms with Crippen LogP contribution in [0.2, 0.25) is 0 Å². The summed E-state index contributed by atoms with van der Waals surface area (Å²) in [4.78, 5) is 14.6. The largest absolute Gasteiger partial charge is 0.360 e. The number of aromatic nitrogens is 2. The van der Waals surface area contributed by atoms with Gasteiger partial charge in [-0.15, -0.1) is 10.2 Å². The van der Waals surface area contributed by atoms with Crippen LogP contribution in [0.15, 0.2) is 0 Å². The van der Waals surface area contributed by atoms with Gasteiger partial charge in [0.15, 0.2) is 0 Å². The second kappa shape index (κ2) is 8.29. The van der Waals surface area contributed by atoms with Gasteiger partial charge in [-0.25, -0.2) is 0 Å². The number of nitrogens with zero attached hydrogens (tertiary/aromatic N) is 3. The van der Waals surface area contributed by atoms with E-state index in [-0.39, 0.29) is 11.9 Å². The number of piperidine rings is 1. The molecule has 2 rings (SSSR count). The number of hydrogen-bond donors (Lipinski definition) is 2. The van der Waals surface area contributed by atoms with Crippen molar-refractivity contribution in [2.24, 2.45) is 0 Å². The maximum Gasteiger partial charge on any atom is 0.282 e. The Kier molecular flexibility index (Phi) is 6.38. The van der Waals surface area contributed by atoms with E-state index in [4.69, 9.17) is 0 Å². The number of nitrogens with one attached hydrogen (secondary N) is 2. The molecule has 7 heteroatoms. The molecule has 0 aromatic carbocycles. The number of hydrogen-bond acceptors (Lipinski definition) is 6. The minimum absolute atomic E-state index is 0.0917. The minimum Gasteiger partial charge on any atom is -0.360 e. The fourth-order valence-electron chi connectivity index (χ4n) is 2.48. The predicted molar refractivity (Wildman–Crippen MR) is 85.9 cm³/mol. The van der Waals surface area contributed by atoms with Crippen molar-refractivity contribution in [2.45, 2.75) is 45.6 Å². The fraction of sp³-hybridized carbons (Fsp3) is 0.786. The van der Waals surface area contributed by atoms with Crippen LogP contribution in [0.25, 0.3) is 0 Å². The Hall–Kier alpha value is -1.21. The van der Waals surface area contributed by atoms with Gasteiger partial charge in [-0.2, -0.15) is 0 Å². The molecule has 1 amide bonds. The Morgan fingerprint density at radius 1 is 1.29 bits per heavy atom. The summed E-state index contributed by atoms with van der Waals surface area (Å²) >= 11 is 1.32. The molecule has 1 aromatic heterocycles. The van der Waals surface area contributed by atoms with Gasteiger partial charge in [0.2, 0.25) is 10.1 Å². The van der Waals surface area contributed by atoms with Crippen LogP contribution < -0.4 is 10.6 Å². The predicted octanol–water partition coefficient (Wildman–Crippen LogP) is 1.96. The Balaban J connectivity index is 1.78. The summed E-state index contributed by atoms with van der Waals surface area (Å²) in [5, 5.41) is 15.4. The normalized spacial score (nSPS) is 16.9. The van der Waals surface area contributed by atoms with Crippen LogP contribution in [-0.2, 0) is 0 Å². The first-order valence-corrected chi connectivity index (χ1v) is 8.65. The molecule has 0 atom stereocenters. The van der Waals surface area contributed by atoms with Crippen LogP contribution >= 0.6 is 11.3 Å². The third-order valence-electron chi connectivity index (χ3n) is 3.61. The van der Waals surface area contributed by atoms with Crippen molar-refractivity contribution >= 4 is 22.4 Å². The maximum absolute atomic E-state index is 12.2. The molecule has 1 fully saturated rings. The highest BCUT2D eigenvalue weighted by atomic mass is 32.1. The van der Waals surface area contributed by atoms with Crippen LogP contribution in [0.4, 0.5) is 5.13 Å². The summed E-state index contributed by atoms with van der Waals surface area (Å²) in [6.07, 6.45) is 4.25. The Bertz CT molecular complexity index is 442. The van der Waals surface area contributed by atoms with Gasteiger partial charge < -0.3 is 15.5 Å². The number of rotatable bonds is 7. The summed E-state index contributed by atoms with van der Waals surface area (Å²) in [6.45, 7) is 8.44. The van der Waals surface area contributed by atoms with E-state index in [1.807, 2.05) is 0 Å². The molecule has 2 N–H and O–H groups in total. The molecule has 1 aliphatic heterocycles. The summed E-state index contributed by atoms with van der Waals surface area (Å²) in [6, 6.07) is 0.265. The van der Waals surface area contributed by atoms with Gasteiger partial charge in [0.25, 0.3) is 5.91 Å². The molecule has 118 valence electrons. The van der Waals surface area contributed by atoms with Gasteiger partial charge in [-0.3, -0.25) is 4.79 Å². The molecular formula is C14H25N5OS. The first-order chi connectivity index (χ1) is 10.2. The Morgan fingerprint density at radius 3 is 2.71 bits per heavy atom. The second-order valence-corrected chi connectivity index (χ2v) is 6.41. The molecule has 0 saturated carbocycles. The van der Waals surface area contributed by atoms with Crippen LogP contribution in [0.5, 0.6) is 0 Å². The lowest BCUT2D eigenvalue weighted by Gasteiger charge is -2.31. The van der Waals surface area contributed by atoms with Crippen LogP contribution in [0.3, 0.4) is 0 Å². The van der Waals surface area contributed by atoms with E-state index in [0.29, 0.717) is 5.01 Å². The van der Waals surface area contributed by atoms with Crippen LogP contribution in [0, 0.1) is 0 Å². The monoisotopic (exact) mass is 311 g/mol. The summed E-state index contributed by atoms with van der Waals surface area (Å²) in [5.41, 5.74) is 0. The van der Waals surface area contributed by atoms with Gasteiger partial charge in [0, 0.05) is 25.7 Å². The first-order valence-electron chi connectivity index (χ1n) is 7.83. The zero-order chi connectivity index (χ0) is 15.1. The van der Waals surface area contributed by atoms with E-state index < -0.39 is 0 Å². The molecule has 0 aliphatic carbocycles. The van der Waals surface area contributed by atoms with Crippen molar-refractivity contribution < 1.29 is 4.79 Å².